The summed E-state index contributed by atoms with van der Waals surface area (Å²) in [6.07, 6.45) is 1.52. The van der Waals surface area contributed by atoms with Crippen molar-refractivity contribution in [3.63, 3.8) is 0 Å². The molecular formula is C12H13ClN2O2. The third kappa shape index (κ3) is 1.78. The lowest BCUT2D eigenvalue weighted by atomic mass is 10.1. The van der Waals surface area contributed by atoms with Gasteiger partial charge in [0, 0.05) is 24.4 Å². The monoisotopic (exact) mass is 252 g/mol. The van der Waals surface area contributed by atoms with E-state index < -0.39 is 0 Å². The van der Waals surface area contributed by atoms with Crippen molar-refractivity contribution in [2.75, 3.05) is 7.11 Å². The van der Waals surface area contributed by atoms with E-state index >= 15 is 0 Å². The smallest absolute Gasteiger partial charge is 0.229 e. The van der Waals surface area contributed by atoms with Gasteiger partial charge in [-0.05, 0) is 12.5 Å². The van der Waals surface area contributed by atoms with Crippen molar-refractivity contribution < 1.29 is 9.53 Å². The number of halogens is 1. The van der Waals surface area contributed by atoms with Crippen molar-refractivity contribution in [1.82, 2.24) is 9.55 Å². The molecule has 1 aromatic carbocycles. The third-order valence-corrected chi connectivity index (χ3v) is 3.14. The molecule has 0 radical (unpaired) electrons. The van der Waals surface area contributed by atoms with E-state index in [1.54, 1.807) is 7.11 Å². The SMILES string of the molecule is COc1cc2c(ncn2C(C)=O)c(CCl)c1C. The second-order valence-electron chi connectivity index (χ2n) is 3.82. The fraction of sp³-hybridized carbons (Fsp3) is 0.333. The van der Waals surface area contributed by atoms with Gasteiger partial charge in [-0.3, -0.25) is 9.36 Å². The van der Waals surface area contributed by atoms with E-state index in [1.165, 1.54) is 17.8 Å². The largest absolute Gasteiger partial charge is 0.496 e. The summed E-state index contributed by atoms with van der Waals surface area (Å²) in [5, 5.41) is 0. The zero-order valence-corrected chi connectivity index (χ0v) is 10.7. The van der Waals surface area contributed by atoms with E-state index in [4.69, 9.17) is 16.3 Å². The van der Waals surface area contributed by atoms with Gasteiger partial charge in [0.1, 0.15) is 12.1 Å². The average molecular weight is 253 g/mol. The summed E-state index contributed by atoms with van der Waals surface area (Å²) < 4.78 is 6.78. The van der Waals surface area contributed by atoms with Gasteiger partial charge in [0.05, 0.1) is 18.1 Å². The molecule has 90 valence electrons. The van der Waals surface area contributed by atoms with Gasteiger partial charge in [0.2, 0.25) is 5.91 Å². The highest BCUT2D eigenvalue weighted by molar-refractivity contribution is 6.18. The minimum absolute atomic E-state index is 0.0843. The fourth-order valence-corrected chi connectivity index (χ4v) is 2.24. The van der Waals surface area contributed by atoms with Crippen LogP contribution in [-0.2, 0) is 5.88 Å². The first-order chi connectivity index (χ1) is 8.10. The van der Waals surface area contributed by atoms with Crippen molar-refractivity contribution >= 4 is 28.5 Å². The minimum Gasteiger partial charge on any atom is -0.496 e. The number of carbonyl (C=O) groups excluding carboxylic acids is 1. The summed E-state index contributed by atoms with van der Waals surface area (Å²) in [6.45, 7) is 3.43. The van der Waals surface area contributed by atoms with Gasteiger partial charge < -0.3 is 4.74 Å². The lowest BCUT2D eigenvalue weighted by molar-refractivity contribution is 0.0941. The quantitative estimate of drug-likeness (QED) is 0.772. The standard InChI is InChI=1S/C12H13ClN2O2/c1-7-9(5-13)12-10(4-11(7)17-3)15(6-14-12)8(2)16/h4,6H,5H2,1-3H3. The molecule has 0 N–H and O–H groups in total. The van der Waals surface area contributed by atoms with E-state index in [1.807, 2.05) is 13.0 Å². The van der Waals surface area contributed by atoms with Gasteiger partial charge in [-0.15, -0.1) is 11.6 Å². The van der Waals surface area contributed by atoms with Crippen LogP contribution < -0.4 is 4.74 Å². The number of methoxy groups -OCH3 is 1. The van der Waals surface area contributed by atoms with Crippen molar-refractivity contribution in [2.45, 2.75) is 19.7 Å². The Morgan fingerprint density at radius 3 is 2.82 bits per heavy atom. The number of hydrogen-bond donors (Lipinski definition) is 0. The Morgan fingerprint density at radius 2 is 2.29 bits per heavy atom. The maximum Gasteiger partial charge on any atom is 0.229 e. The first-order valence-electron chi connectivity index (χ1n) is 5.20. The number of carbonyl (C=O) groups is 1. The summed E-state index contributed by atoms with van der Waals surface area (Å²) >= 11 is 5.94. The minimum atomic E-state index is -0.0843. The maximum atomic E-state index is 11.5. The Labute approximate surface area is 104 Å². The molecule has 17 heavy (non-hydrogen) atoms. The molecule has 0 spiro atoms. The zero-order valence-electron chi connectivity index (χ0n) is 9.95. The lowest BCUT2D eigenvalue weighted by Gasteiger charge is -2.10. The number of aromatic nitrogens is 2. The topological polar surface area (TPSA) is 44.1 Å². The highest BCUT2D eigenvalue weighted by atomic mass is 35.5. The Morgan fingerprint density at radius 1 is 1.59 bits per heavy atom. The van der Waals surface area contributed by atoms with Crippen LogP contribution in [-0.4, -0.2) is 22.6 Å². The van der Waals surface area contributed by atoms with E-state index in [9.17, 15) is 4.79 Å². The lowest BCUT2D eigenvalue weighted by Crippen LogP contribution is -2.04. The van der Waals surface area contributed by atoms with E-state index in [0.717, 1.165) is 27.9 Å². The van der Waals surface area contributed by atoms with Crippen LogP contribution in [0.25, 0.3) is 11.0 Å². The molecule has 2 rings (SSSR count). The molecule has 0 bridgehead atoms. The molecule has 0 aliphatic carbocycles. The van der Waals surface area contributed by atoms with Crippen LogP contribution in [0.1, 0.15) is 22.8 Å². The Bertz CT molecular complexity index is 590. The summed E-state index contributed by atoms with van der Waals surface area (Å²) in [4.78, 5) is 15.7. The van der Waals surface area contributed by atoms with Crippen LogP contribution >= 0.6 is 11.6 Å². The number of imidazole rings is 1. The fourth-order valence-electron chi connectivity index (χ4n) is 1.91. The Balaban J connectivity index is 2.85. The summed E-state index contributed by atoms with van der Waals surface area (Å²) in [7, 11) is 1.60. The number of rotatable bonds is 2. The van der Waals surface area contributed by atoms with Gasteiger partial charge in [0.15, 0.2) is 0 Å². The molecule has 1 heterocycles. The summed E-state index contributed by atoms with van der Waals surface area (Å²) in [6, 6.07) is 1.81. The van der Waals surface area contributed by atoms with Crippen LogP contribution in [0.2, 0.25) is 0 Å². The number of fused-ring (bicyclic) bond motifs is 1. The maximum absolute atomic E-state index is 11.5. The zero-order chi connectivity index (χ0) is 12.6. The molecule has 0 aliphatic heterocycles. The average Bonchev–Trinajstić information content (AvgIpc) is 2.71. The molecule has 0 saturated carbocycles. The van der Waals surface area contributed by atoms with E-state index in [2.05, 4.69) is 4.98 Å². The van der Waals surface area contributed by atoms with Crippen molar-refractivity contribution in [3.05, 3.63) is 23.5 Å². The van der Waals surface area contributed by atoms with Gasteiger partial charge in [-0.25, -0.2) is 4.98 Å². The van der Waals surface area contributed by atoms with E-state index in [0.29, 0.717) is 5.88 Å². The first kappa shape index (κ1) is 11.9. The predicted octanol–water partition coefficient (Wildman–Crippen LogP) is 2.75. The second-order valence-corrected chi connectivity index (χ2v) is 4.08. The molecule has 4 nitrogen and oxygen atoms in total. The van der Waals surface area contributed by atoms with Gasteiger partial charge in [0.25, 0.3) is 0 Å². The van der Waals surface area contributed by atoms with Crippen molar-refractivity contribution in [1.29, 1.82) is 0 Å². The molecule has 0 amide bonds. The molecule has 0 saturated heterocycles. The first-order valence-corrected chi connectivity index (χ1v) is 5.74. The molecule has 0 fully saturated rings. The number of ether oxygens (including phenoxy) is 1. The molecule has 0 atom stereocenters. The van der Waals surface area contributed by atoms with Crippen LogP contribution in [0.3, 0.4) is 0 Å². The number of hydrogen-bond acceptors (Lipinski definition) is 3. The molecule has 0 aliphatic rings. The van der Waals surface area contributed by atoms with Crippen LogP contribution in [0.4, 0.5) is 0 Å². The second kappa shape index (κ2) is 4.37. The Hall–Kier alpha value is -1.55. The summed E-state index contributed by atoms with van der Waals surface area (Å²) in [5.74, 6) is 0.976. The molecule has 5 heteroatoms. The molecular weight excluding hydrogens is 240 g/mol. The highest BCUT2D eigenvalue weighted by Gasteiger charge is 2.15. The van der Waals surface area contributed by atoms with Gasteiger partial charge in [-0.1, -0.05) is 0 Å². The Kier molecular flexibility index (Phi) is 3.07. The van der Waals surface area contributed by atoms with Gasteiger partial charge >= 0.3 is 0 Å². The van der Waals surface area contributed by atoms with Crippen molar-refractivity contribution in [2.24, 2.45) is 0 Å². The highest BCUT2D eigenvalue weighted by Crippen LogP contribution is 2.30. The predicted molar refractivity (Wildman–Crippen MR) is 66.9 cm³/mol. The molecule has 1 aromatic heterocycles. The van der Waals surface area contributed by atoms with Crippen LogP contribution in [0.5, 0.6) is 5.75 Å². The third-order valence-electron chi connectivity index (χ3n) is 2.87. The number of alkyl halides is 1. The van der Waals surface area contributed by atoms with E-state index in [-0.39, 0.29) is 5.91 Å². The van der Waals surface area contributed by atoms with Crippen molar-refractivity contribution in [3.8, 4) is 5.75 Å². The van der Waals surface area contributed by atoms with Gasteiger partial charge in [-0.2, -0.15) is 0 Å². The number of nitrogens with zero attached hydrogens (tertiary/aromatic N) is 2. The summed E-state index contributed by atoms with van der Waals surface area (Å²) in [5.41, 5.74) is 3.36. The van der Waals surface area contributed by atoms with Crippen LogP contribution in [0, 0.1) is 6.92 Å². The van der Waals surface area contributed by atoms with Crippen LogP contribution in [0.15, 0.2) is 12.4 Å². The normalized spacial score (nSPS) is 10.8. The molecule has 0 unspecified atom stereocenters. The molecule has 2 aromatic rings. The number of benzene rings is 1.